The minimum absolute atomic E-state index is 0.305. The lowest BCUT2D eigenvalue weighted by molar-refractivity contribution is -0.132. The topological polar surface area (TPSA) is 44.8 Å². The highest BCUT2D eigenvalue weighted by atomic mass is 16.5. The van der Waals surface area contributed by atoms with Crippen LogP contribution < -0.4 is 10.1 Å². The Labute approximate surface area is 138 Å². The monoisotopic (exact) mass is 317 g/mol. The molecule has 1 aromatic carbocycles. The van der Waals surface area contributed by atoms with E-state index in [9.17, 15) is 4.79 Å². The van der Waals surface area contributed by atoms with E-state index in [-0.39, 0.29) is 0 Å². The number of nitrogens with zero attached hydrogens (tertiary/aromatic N) is 2. The van der Waals surface area contributed by atoms with Crippen LogP contribution in [0.25, 0.3) is 0 Å². The molecule has 23 heavy (non-hydrogen) atoms. The Kier molecular flexibility index (Phi) is 5.51. The molecule has 2 fully saturated rings. The number of nitrogens with one attached hydrogen (secondary N) is 1. The van der Waals surface area contributed by atoms with Crippen LogP contribution in [0.3, 0.4) is 0 Å². The van der Waals surface area contributed by atoms with Crippen molar-refractivity contribution in [1.29, 1.82) is 0 Å². The van der Waals surface area contributed by atoms with Gasteiger partial charge in [-0.25, -0.2) is 0 Å². The zero-order valence-corrected chi connectivity index (χ0v) is 14.0. The van der Waals surface area contributed by atoms with Crippen molar-refractivity contribution in [3.05, 3.63) is 29.8 Å². The van der Waals surface area contributed by atoms with Crippen molar-refractivity contribution in [2.24, 2.45) is 0 Å². The number of ether oxygens (including phenoxy) is 1. The summed E-state index contributed by atoms with van der Waals surface area (Å²) in [7, 11) is 1.70. The predicted molar refractivity (Wildman–Crippen MR) is 90.9 cm³/mol. The minimum Gasteiger partial charge on any atom is -0.497 e. The third kappa shape index (κ3) is 4.24. The van der Waals surface area contributed by atoms with Crippen LogP contribution in [-0.4, -0.2) is 68.6 Å². The highest BCUT2D eigenvalue weighted by Gasteiger charge is 2.25. The van der Waals surface area contributed by atoms with Gasteiger partial charge in [0.05, 0.1) is 7.11 Å². The number of likely N-dealkylation sites (tertiary alicyclic amines) is 1. The van der Waals surface area contributed by atoms with Gasteiger partial charge in [0.25, 0.3) is 0 Å². The molecule has 5 nitrogen and oxygen atoms in total. The Bertz CT molecular complexity index is 512. The molecule has 0 aliphatic carbocycles. The van der Waals surface area contributed by atoms with Crippen LogP contribution in [0.1, 0.15) is 24.3 Å². The van der Waals surface area contributed by atoms with E-state index in [1.54, 1.807) is 7.11 Å². The number of piperazine rings is 1. The van der Waals surface area contributed by atoms with Crippen molar-refractivity contribution in [3.8, 4) is 5.75 Å². The first-order chi connectivity index (χ1) is 11.3. The summed E-state index contributed by atoms with van der Waals surface area (Å²) in [5.41, 5.74) is 1.38. The highest BCUT2D eigenvalue weighted by Crippen LogP contribution is 2.28. The Balaban J connectivity index is 1.44. The molecule has 2 heterocycles. The van der Waals surface area contributed by atoms with E-state index in [1.807, 2.05) is 17.0 Å². The van der Waals surface area contributed by atoms with E-state index in [1.165, 1.54) is 12.0 Å². The van der Waals surface area contributed by atoms with Gasteiger partial charge in [0, 0.05) is 45.7 Å². The molecule has 2 aliphatic heterocycles. The molecule has 0 radical (unpaired) electrons. The van der Waals surface area contributed by atoms with E-state index >= 15 is 0 Å². The summed E-state index contributed by atoms with van der Waals surface area (Å²) < 4.78 is 5.22. The Morgan fingerprint density at radius 3 is 2.65 bits per heavy atom. The van der Waals surface area contributed by atoms with Crippen LogP contribution in [0, 0.1) is 0 Å². The fourth-order valence-corrected chi connectivity index (χ4v) is 3.51. The summed E-state index contributed by atoms with van der Waals surface area (Å²) in [5, 5.41) is 3.29. The Morgan fingerprint density at radius 2 is 1.96 bits per heavy atom. The number of methoxy groups -OCH3 is 1. The molecule has 1 N–H and O–H groups in total. The second kappa shape index (κ2) is 7.79. The standard InChI is InChI=1S/C18H27N3O2/c1-23-17-4-2-15(3-5-17)16-6-10-20(14-16)11-7-18(22)21-12-8-19-9-13-21/h2-5,16,19H,6-14H2,1H3. The van der Waals surface area contributed by atoms with Gasteiger partial charge in [0.1, 0.15) is 5.75 Å². The number of hydrogen-bond donors (Lipinski definition) is 1. The third-order valence-electron chi connectivity index (χ3n) is 4.97. The van der Waals surface area contributed by atoms with Gasteiger partial charge in [-0.1, -0.05) is 12.1 Å². The van der Waals surface area contributed by atoms with Gasteiger partial charge in [-0.3, -0.25) is 4.79 Å². The van der Waals surface area contributed by atoms with E-state index in [0.717, 1.165) is 51.6 Å². The van der Waals surface area contributed by atoms with E-state index in [2.05, 4.69) is 22.3 Å². The summed E-state index contributed by atoms with van der Waals surface area (Å²) in [6.07, 6.45) is 1.82. The molecule has 0 saturated carbocycles. The summed E-state index contributed by atoms with van der Waals surface area (Å²) in [5.74, 6) is 1.79. The average molecular weight is 317 g/mol. The number of carbonyl (C=O) groups excluding carboxylic acids is 1. The fraction of sp³-hybridized carbons (Fsp3) is 0.611. The molecule has 5 heteroatoms. The van der Waals surface area contributed by atoms with E-state index < -0.39 is 0 Å². The second-order valence-electron chi connectivity index (χ2n) is 6.44. The maximum Gasteiger partial charge on any atom is 0.223 e. The number of carbonyl (C=O) groups is 1. The van der Waals surface area contributed by atoms with Crippen molar-refractivity contribution < 1.29 is 9.53 Å². The largest absolute Gasteiger partial charge is 0.497 e. The first-order valence-corrected chi connectivity index (χ1v) is 8.61. The van der Waals surface area contributed by atoms with Gasteiger partial charge in [0.2, 0.25) is 5.91 Å². The van der Waals surface area contributed by atoms with E-state index in [0.29, 0.717) is 18.2 Å². The zero-order valence-electron chi connectivity index (χ0n) is 14.0. The number of benzene rings is 1. The SMILES string of the molecule is COc1ccc(C2CCN(CCC(=O)N3CCNCC3)C2)cc1. The lowest BCUT2D eigenvalue weighted by atomic mass is 9.98. The van der Waals surface area contributed by atoms with Crippen molar-refractivity contribution in [2.75, 3.05) is 52.9 Å². The number of amides is 1. The lowest BCUT2D eigenvalue weighted by Gasteiger charge is -2.28. The molecule has 0 aromatic heterocycles. The molecule has 1 atom stereocenters. The molecule has 126 valence electrons. The molecule has 0 spiro atoms. The zero-order chi connectivity index (χ0) is 16.1. The van der Waals surface area contributed by atoms with Crippen molar-refractivity contribution in [2.45, 2.75) is 18.8 Å². The maximum absolute atomic E-state index is 12.2. The molecule has 0 bridgehead atoms. The molecule has 1 unspecified atom stereocenters. The summed E-state index contributed by atoms with van der Waals surface area (Å²) in [6.45, 7) is 6.59. The van der Waals surface area contributed by atoms with Gasteiger partial charge in [-0.15, -0.1) is 0 Å². The molecule has 2 aliphatic rings. The van der Waals surface area contributed by atoms with Crippen molar-refractivity contribution in [1.82, 2.24) is 15.1 Å². The van der Waals surface area contributed by atoms with Crippen LogP contribution >= 0.6 is 0 Å². The molecule has 2 saturated heterocycles. The lowest BCUT2D eigenvalue weighted by Crippen LogP contribution is -2.47. The summed E-state index contributed by atoms with van der Waals surface area (Å²) in [4.78, 5) is 16.7. The molecular formula is C18H27N3O2. The summed E-state index contributed by atoms with van der Waals surface area (Å²) >= 11 is 0. The van der Waals surface area contributed by atoms with Gasteiger partial charge in [-0.2, -0.15) is 0 Å². The van der Waals surface area contributed by atoms with E-state index in [4.69, 9.17) is 4.74 Å². The first-order valence-electron chi connectivity index (χ1n) is 8.61. The van der Waals surface area contributed by atoms with Gasteiger partial charge in [-0.05, 0) is 36.6 Å². The highest BCUT2D eigenvalue weighted by molar-refractivity contribution is 5.76. The normalized spacial score (nSPS) is 22.3. The van der Waals surface area contributed by atoms with Crippen LogP contribution in [0.5, 0.6) is 5.75 Å². The Morgan fingerprint density at radius 1 is 1.22 bits per heavy atom. The number of hydrogen-bond acceptors (Lipinski definition) is 4. The minimum atomic E-state index is 0.305. The smallest absolute Gasteiger partial charge is 0.223 e. The quantitative estimate of drug-likeness (QED) is 0.889. The van der Waals surface area contributed by atoms with Gasteiger partial charge < -0.3 is 19.9 Å². The van der Waals surface area contributed by atoms with Crippen molar-refractivity contribution >= 4 is 5.91 Å². The maximum atomic E-state index is 12.2. The van der Waals surface area contributed by atoms with Gasteiger partial charge in [0.15, 0.2) is 0 Å². The first kappa shape index (κ1) is 16.3. The second-order valence-corrected chi connectivity index (χ2v) is 6.44. The number of rotatable bonds is 5. The Hall–Kier alpha value is -1.59. The molecule has 1 aromatic rings. The summed E-state index contributed by atoms with van der Waals surface area (Å²) in [6, 6.07) is 8.40. The van der Waals surface area contributed by atoms with Crippen LogP contribution in [-0.2, 0) is 4.79 Å². The third-order valence-corrected chi connectivity index (χ3v) is 4.97. The fourth-order valence-electron chi connectivity index (χ4n) is 3.51. The van der Waals surface area contributed by atoms with Crippen LogP contribution in [0.2, 0.25) is 0 Å². The molecule has 1 amide bonds. The van der Waals surface area contributed by atoms with Crippen molar-refractivity contribution in [3.63, 3.8) is 0 Å². The van der Waals surface area contributed by atoms with Crippen LogP contribution in [0.15, 0.2) is 24.3 Å². The average Bonchev–Trinajstić information content (AvgIpc) is 3.09. The van der Waals surface area contributed by atoms with Gasteiger partial charge >= 0.3 is 0 Å². The molecule has 3 rings (SSSR count). The predicted octanol–water partition coefficient (Wildman–Crippen LogP) is 1.31. The van der Waals surface area contributed by atoms with Crippen LogP contribution in [0.4, 0.5) is 0 Å². The molecular weight excluding hydrogens is 290 g/mol.